The van der Waals surface area contributed by atoms with Gasteiger partial charge < -0.3 is 11.1 Å². The molecule has 1 amide bonds. The zero-order valence-electron chi connectivity index (χ0n) is 11.2. The highest BCUT2D eigenvalue weighted by Gasteiger charge is 2.45. The van der Waals surface area contributed by atoms with Crippen molar-refractivity contribution in [1.29, 1.82) is 0 Å². The molecule has 0 aliphatic heterocycles. The van der Waals surface area contributed by atoms with Crippen LogP contribution in [0.5, 0.6) is 0 Å². The van der Waals surface area contributed by atoms with Crippen LogP contribution in [-0.4, -0.2) is 18.0 Å². The first kappa shape index (κ1) is 12.9. The summed E-state index contributed by atoms with van der Waals surface area (Å²) in [5, 5.41) is 3.10. The van der Waals surface area contributed by atoms with Crippen LogP contribution in [-0.2, 0) is 4.79 Å². The van der Waals surface area contributed by atoms with Gasteiger partial charge in [0.1, 0.15) is 0 Å². The van der Waals surface area contributed by atoms with Gasteiger partial charge in [0.2, 0.25) is 5.91 Å². The van der Waals surface area contributed by atoms with Crippen LogP contribution in [0.15, 0.2) is 0 Å². The first-order valence-electron chi connectivity index (χ1n) is 7.01. The molecule has 2 aliphatic carbocycles. The third kappa shape index (κ3) is 3.01. The molecule has 0 aromatic rings. The molecule has 3 N–H and O–H groups in total. The summed E-state index contributed by atoms with van der Waals surface area (Å²) in [7, 11) is 0. The molecule has 2 rings (SSSR count). The number of carbonyl (C=O) groups excluding carboxylic acids is 1. The monoisotopic (exact) mass is 238 g/mol. The Kier molecular flexibility index (Phi) is 3.48. The lowest BCUT2D eigenvalue weighted by molar-refractivity contribution is -0.122. The molecule has 0 aromatic carbocycles. The minimum absolute atomic E-state index is 0.154. The van der Waals surface area contributed by atoms with E-state index in [4.69, 9.17) is 5.73 Å². The molecule has 0 saturated heterocycles. The van der Waals surface area contributed by atoms with Gasteiger partial charge in [0.05, 0.1) is 0 Å². The minimum atomic E-state index is -0.210. The lowest BCUT2D eigenvalue weighted by atomic mass is 9.91. The molecule has 98 valence electrons. The van der Waals surface area contributed by atoms with E-state index in [0.29, 0.717) is 17.8 Å². The maximum absolute atomic E-state index is 11.9. The molecular formula is C14H26N2O. The van der Waals surface area contributed by atoms with E-state index in [1.165, 1.54) is 25.7 Å². The van der Waals surface area contributed by atoms with Gasteiger partial charge in [-0.2, -0.15) is 0 Å². The van der Waals surface area contributed by atoms with Crippen molar-refractivity contribution in [2.45, 2.75) is 64.3 Å². The van der Waals surface area contributed by atoms with Crippen molar-refractivity contribution in [3.63, 3.8) is 0 Å². The largest absolute Gasteiger partial charge is 0.355 e. The van der Waals surface area contributed by atoms with Crippen molar-refractivity contribution in [2.75, 3.05) is 6.54 Å². The van der Waals surface area contributed by atoms with Gasteiger partial charge in [-0.15, -0.1) is 0 Å². The summed E-state index contributed by atoms with van der Waals surface area (Å²) in [6.45, 7) is 5.35. The molecule has 0 spiro atoms. The first-order chi connectivity index (χ1) is 7.96. The summed E-state index contributed by atoms with van der Waals surface area (Å²) in [6.07, 6.45) is 7.42. The maximum Gasteiger partial charge on any atom is 0.221 e. The van der Waals surface area contributed by atoms with Crippen molar-refractivity contribution < 1.29 is 4.79 Å². The normalized spacial score (nSPS) is 24.9. The second kappa shape index (κ2) is 4.60. The predicted octanol–water partition coefficient (Wildman–Crippen LogP) is 2.20. The number of carbonyl (C=O) groups is 1. The second-order valence-electron chi connectivity index (χ2n) is 6.54. The third-order valence-electron chi connectivity index (χ3n) is 4.87. The van der Waals surface area contributed by atoms with Crippen LogP contribution in [0, 0.1) is 11.3 Å². The van der Waals surface area contributed by atoms with E-state index in [-0.39, 0.29) is 11.4 Å². The van der Waals surface area contributed by atoms with Gasteiger partial charge in [0.15, 0.2) is 0 Å². The van der Waals surface area contributed by atoms with Crippen LogP contribution >= 0.6 is 0 Å². The van der Waals surface area contributed by atoms with Crippen LogP contribution in [0.25, 0.3) is 0 Å². The van der Waals surface area contributed by atoms with E-state index in [2.05, 4.69) is 19.2 Å². The van der Waals surface area contributed by atoms with Crippen LogP contribution in [0.4, 0.5) is 0 Å². The number of hydrogen-bond acceptors (Lipinski definition) is 2. The highest BCUT2D eigenvalue weighted by atomic mass is 16.1. The Morgan fingerprint density at radius 3 is 2.29 bits per heavy atom. The van der Waals surface area contributed by atoms with E-state index >= 15 is 0 Å². The van der Waals surface area contributed by atoms with Crippen LogP contribution < -0.4 is 11.1 Å². The van der Waals surface area contributed by atoms with E-state index in [1.54, 1.807) is 0 Å². The summed E-state index contributed by atoms with van der Waals surface area (Å²) in [5.74, 6) is 0.822. The molecule has 0 atom stereocenters. The lowest BCUT2D eigenvalue weighted by Crippen LogP contribution is -2.43. The summed E-state index contributed by atoms with van der Waals surface area (Å²) in [6, 6.07) is 0. The van der Waals surface area contributed by atoms with E-state index in [0.717, 1.165) is 19.4 Å². The molecular weight excluding hydrogens is 212 g/mol. The van der Waals surface area contributed by atoms with E-state index in [9.17, 15) is 4.79 Å². The molecule has 2 fully saturated rings. The third-order valence-corrected chi connectivity index (χ3v) is 4.87. The molecule has 17 heavy (non-hydrogen) atoms. The van der Waals surface area contributed by atoms with Gasteiger partial charge >= 0.3 is 0 Å². The summed E-state index contributed by atoms with van der Waals surface area (Å²) < 4.78 is 0. The highest BCUT2D eigenvalue weighted by molar-refractivity contribution is 5.77. The van der Waals surface area contributed by atoms with Crippen molar-refractivity contribution in [1.82, 2.24) is 5.32 Å². The summed E-state index contributed by atoms with van der Waals surface area (Å²) in [5.41, 5.74) is 6.40. The van der Waals surface area contributed by atoms with Crippen molar-refractivity contribution in [3.05, 3.63) is 0 Å². The van der Waals surface area contributed by atoms with Crippen LogP contribution in [0.2, 0.25) is 0 Å². The molecule has 0 bridgehead atoms. The second-order valence-corrected chi connectivity index (χ2v) is 6.54. The predicted molar refractivity (Wildman–Crippen MR) is 69.5 cm³/mol. The fourth-order valence-corrected chi connectivity index (χ4v) is 3.03. The Morgan fingerprint density at radius 1 is 1.24 bits per heavy atom. The first-order valence-corrected chi connectivity index (χ1v) is 7.01. The summed E-state index contributed by atoms with van der Waals surface area (Å²) >= 11 is 0. The molecule has 2 saturated carbocycles. The standard InChI is InChI=1S/C14H26N2O/c1-11(2)13(7-8-13)10-16-12(17)9-14(15)5-3-4-6-14/h11H,3-10,15H2,1-2H3,(H,16,17). The molecule has 0 unspecified atom stereocenters. The van der Waals surface area contributed by atoms with E-state index in [1.807, 2.05) is 0 Å². The fourth-order valence-electron chi connectivity index (χ4n) is 3.03. The SMILES string of the molecule is CC(C)C1(CNC(=O)CC2(N)CCCC2)CC1. The van der Waals surface area contributed by atoms with Crippen LogP contribution in [0.3, 0.4) is 0 Å². The number of hydrogen-bond donors (Lipinski definition) is 2. The number of amides is 1. The fraction of sp³-hybridized carbons (Fsp3) is 0.929. The Hall–Kier alpha value is -0.570. The number of rotatable bonds is 5. The Labute approximate surface area is 105 Å². The van der Waals surface area contributed by atoms with Gasteiger partial charge in [0.25, 0.3) is 0 Å². The topological polar surface area (TPSA) is 55.1 Å². The van der Waals surface area contributed by atoms with Crippen molar-refractivity contribution in [3.8, 4) is 0 Å². The van der Waals surface area contributed by atoms with Gasteiger partial charge in [-0.25, -0.2) is 0 Å². The van der Waals surface area contributed by atoms with Gasteiger partial charge in [-0.1, -0.05) is 26.7 Å². The number of nitrogens with one attached hydrogen (secondary N) is 1. The van der Waals surface area contributed by atoms with Crippen LogP contribution in [0.1, 0.15) is 58.8 Å². The number of nitrogens with two attached hydrogens (primary N) is 1. The van der Waals surface area contributed by atoms with Gasteiger partial charge in [0, 0.05) is 18.5 Å². The zero-order valence-corrected chi connectivity index (χ0v) is 11.2. The molecule has 0 radical (unpaired) electrons. The molecule has 0 aromatic heterocycles. The van der Waals surface area contributed by atoms with Crippen molar-refractivity contribution in [2.24, 2.45) is 17.1 Å². The Bertz CT molecular complexity index is 289. The molecule has 0 heterocycles. The Morgan fingerprint density at radius 2 is 1.82 bits per heavy atom. The zero-order chi connectivity index (χ0) is 12.5. The van der Waals surface area contributed by atoms with E-state index < -0.39 is 0 Å². The quantitative estimate of drug-likeness (QED) is 0.771. The minimum Gasteiger partial charge on any atom is -0.355 e. The Balaban J connectivity index is 1.74. The lowest BCUT2D eigenvalue weighted by Gasteiger charge is -2.24. The van der Waals surface area contributed by atoms with Crippen molar-refractivity contribution >= 4 is 5.91 Å². The average Bonchev–Trinajstić information content (AvgIpc) is 2.94. The average molecular weight is 238 g/mol. The molecule has 2 aliphatic rings. The summed E-state index contributed by atoms with van der Waals surface area (Å²) in [4.78, 5) is 11.9. The molecule has 3 nitrogen and oxygen atoms in total. The highest BCUT2D eigenvalue weighted by Crippen LogP contribution is 2.51. The maximum atomic E-state index is 11.9. The molecule has 3 heteroatoms. The van der Waals surface area contributed by atoms with Gasteiger partial charge in [-0.05, 0) is 37.0 Å². The smallest absolute Gasteiger partial charge is 0.221 e. The van der Waals surface area contributed by atoms with Gasteiger partial charge in [-0.3, -0.25) is 4.79 Å².